The fourth-order valence-electron chi connectivity index (χ4n) is 0.790. The number of nitrogens with zero attached hydrogens (tertiary/aromatic N) is 2. The smallest absolute Gasteiger partial charge is 0.200 e. The lowest BCUT2D eigenvalue weighted by Gasteiger charge is -2.04. The number of hydrogen-bond acceptors (Lipinski definition) is 3. The highest BCUT2D eigenvalue weighted by Gasteiger charge is 1.99. The van der Waals surface area contributed by atoms with Crippen molar-refractivity contribution >= 4 is 5.90 Å². The van der Waals surface area contributed by atoms with Gasteiger partial charge >= 0.3 is 0 Å². The molecule has 0 radical (unpaired) electrons. The molecule has 1 heterocycles. The molecule has 0 fully saturated rings. The Kier molecular flexibility index (Phi) is 2.25. The number of aryl methyl sites for hydroxylation is 1. The fraction of sp³-hybridized carbons (Fsp3) is 0.429. The van der Waals surface area contributed by atoms with E-state index in [1.54, 1.807) is 6.20 Å². The van der Waals surface area contributed by atoms with Crippen LogP contribution in [0.5, 0.6) is 0 Å². The maximum Gasteiger partial charge on any atom is 0.200 e. The van der Waals surface area contributed by atoms with Crippen molar-refractivity contribution in [3.8, 4) is 0 Å². The van der Waals surface area contributed by atoms with Crippen LogP contribution in [0.3, 0.4) is 0 Å². The van der Waals surface area contributed by atoms with Gasteiger partial charge in [0.1, 0.15) is 5.82 Å². The molecule has 0 aliphatic carbocycles. The molecule has 1 aromatic heterocycles. The summed E-state index contributed by atoms with van der Waals surface area (Å²) in [6.45, 7) is 2.35. The first-order valence-electron chi connectivity index (χ1n) is 3.33. The van der Waals surface area contributed by atoms with Crippen molar-refractivity contribution in [3.05, 3.63) is 18.2 Å². The van der Waals surface area contributed by atoms with Gasteiger partial charge in [-0.25, -0.2) is 4.98 Å². The Hall–Kier alpha value is -1.32. The highest BCUT2D eigenvalue weighted by atomic mass is 16.5. The van der Waals surface area contributed by atoms with Crippen LogP contribution in [-0.4, -0.2) is 22.6 Å². The second-order valence-electron chi connectivity index (χ2n) is 2.23. The summed E-state index contributed by atoms with van der Waals surface area (Å²) in [5, 5.41) is 7.24. The molecule has 0 spiro atoms. The summed E-state index contributed by atoms with van der Waals surface area (Å²) in [7, 11) is 1.49. The summed E-state index contributed by atoms with van der Waals surface area (Å²) < 4.78 is 6.57. The van der Waals surface area contributed by atoms with Crippen LogP contribution in [0.2, 0.25) is 0 Å². The van der Waals surface area contributed by atoms with E-state index in [1.165, 1.54) is 7.11 Å². The Morgan fingerprint density at radius 2 is 2.55 bits per heavy atom. The van der Waals surface area contributed by atoms with E-state index in [0.29, 0.717) is 6.54 Å². The van der Waals surface area contributed by atoms with Crippen LogP contribution in [0.15, 0.2) is 12.4 Å². The quantitative estimate of drug-likeness (QED) is 0.505. The Balaban J connectivity index is 2.64. The minimum absolute atomic E-state index is 0.242. The van der Waals surface area contributed by atoms with Gasteiger partial charge in [0.2, 0.25) is 5.90 Å². The molecule has 0 aliphatic rings. The number of aromatic nitrogens is 2. The van der Waals surface area contributed by atoms with Gasteiger partial charge in [-0.1, -0.05) is 0 Å². The highest BCUT2D eigenvalue weighted by molar-refractivity contribution is 5.72. The molecule has 0 amide bonds. The third-order valence-corrected chi connectivity index (χ3v) is 1.48. The molecular weight excluding hydrogens is 142 g/mol. The van der Waals surface area contributed by atoms with Crippen molar-refractivity contribution in [1.29, 1.82) is 5.41 Å². The van der Waals surface area contributed by atoms with Gasteiger partial charge in [0.25, 0.3) is 0 Å². The van der Waals surface area contributed by atoms with Crippen molar-refractivity contribution in [3.63, 3.8) is 0 Å². The van der Waals surface area contributed by atoms with Gasteiger partial charge in [0, 0.05) is 12.4 Å². The molecule has 0 aliphatic heterocycles. The highest BCUT2D eigenvalue weighted by Crippen LogP contribution is 1.94. The SMILES string of the molecule is COC(=N)Cn1ccnc1C. The molecule has 1 rings (SSSR count). The van der Waals surface area contributed by atoms with E-state index in [2.05, 4.69) is 4.98 Å². The minimum Gasteiger partial charge on any atom is -0.483 e. The van der Waals surface area contributed by atoms with Crippen molar-refractivity contribution < 1.29 is 4.74 Å². The van der Waals surface area contributed by atoms with Crippen molar-refractivity contribution in [1.82, 2.24) is 9.55 Å². The van der Waals surface area contributed by atoms with Crippen LogP contribution in [0, 0.1) is 12.3 Å². The van der Waals surface area contributed by atoms with Crippen LogP contribution in [0.1, 0.15) is 5.82 Å². The minimum atomic E-state index is 0.242. The number of hydrogen-bond donors (Lipinski definition) is 1. The average molecular weight is 153 g/mol. The van der Waals surface area contributed by atoms with Gasteiger partial charge < -0.3 is 9.30 Å². The van der Waals surface area contributed by atoms with Crippen LogP contribution in [-0.2, 0) is 11.3 Å². The lowest BCUT2D eigenvalue weighted by Crippen LogP contribution is -2.11. The van der Waals surface area contributed by atoms with E-state index < -0.39 is 0 Å². The monoisotopic (exact) mass is 153 g/mol. The predicted octanol–water partition coefficient (Wildman–Crippen LogP) is 0.815. The van der Waals surface area contributed by atoms with Gasteiger partial charge in [-0.3, -0.25) is 5.41 Å². The van der Waals surface area contributed by atoms with E-state index in [9.17, 15) is 0 Å². The Morgan fingerprint density at radius 3 is 3.00 bits per heavy atom. The van der Waals surface area contributed by atoms with E-state index in [1.807, 2.05) is 17.7 Å². The Labute approximate surface area is 65.3 Å². The second-order valence-corrected chi connectivity index (χ2v) is 2.23. The molecule has 0 saturated heterocycles. The van der Waals surface area contributed by atoms with Crippen LogP contribution in [0.25, 0.3) is 0 Å². The molecule has 1 N–H and O–H groups in total. The summed E-state index contributed by atoms with van der Waals surface area (Å²) in [4.78, 5) is 4.01. The van der Waals surface area contributed by atoms with E-state index in [-0.39, 0.29) is 5.90 Å². The second kappa shape index (κ2) is 3.18. The lowest BCUT2D eigenvalue weighted by molar-refractivity contribution is 0.380. The fourth-order valence-corrected chi connectivity index (χ4v) is 0.790. The average Bonchev–Trinajstić information content (AvgIpc) is 2.37. The third kappa shape index (κ3) is 1.80. The molecule has 4 heteroatoms. The zero-order chi connectivity index (χ0) is 8.27. The van der Waals surface area contributed by atoms with Crippen LogP contribution in [0.4, 0.5) is 0 Å². The summed E-state index contributed by atoms with van der Waals surface area (Å²) in [5.74, 6) is 1.14. The molecular formula is C7H11N3O. The van der Waals surface area contributed by atoms with Crippen molar-refractivity contribution in [2.24, 2.45) is 0 Å². The van der Waals surface area contributed by atoms with Crippen LogP contribution < -0.4 is 0 Å². The Morgan fingerprint density at radius 1 is 1.82 bits per heavy atom. The van der Waals surface area contributed by atoms with Gasteiger partial charge in [0.15, 0.2) is 0 Å². The zero-order valence-corrected chi connectivity index (χ0v) is 6.66. The van der Waals surface area contributed by atoms with Crippen LogP contribution >= 0.6 is 0 Å². The van der Waals surface area contributed by atoms with E-state index in [4.69, 9.17) is 10.1 Å². The number of imidazole rings is 1. The molecule has 0 saturated carbocycles. The van der Waals surface area contributed by atoms with Crippen molar-refractivity contribution in [2.45, 2.75) is 13.5 Å². The number of nitrogens with one attached hydrogen (secondary N) is 1. The first kappa shape index (κ1) is 7.78. The maximum atomic E-state index is 7.24. The Bertz CT molecular complexity index is 254. The largest absolute Gasteiger partial charge is 0.483 e. The van der Waals surface area contributed by atoms with Gasteiger partial charge in [-0.2, -0.15) is 0 Å². The standard InChI is InChI=1S/C7H11N3O/c1-6-9-3-4-10(6)5-7(8)11-2/h3-4,8H,5H2,1-2H3. The van der Waals surface area contributed by atoms with Gasteiger partial charge in [-0.15, -0.1) is 0 Å². The lowest BCUT2D eigenvalue weighted by atomic mass is 10.6. The molecule has 0 atom stereocenters. The first-order chi connectivity index (χ1) is 5.24. The molecule has 4 nitrogen and oxygen atoms in total. The first-order valence-corrected chi connectivity index (χ1v) is 3.33. The van der Waals surface area contributed by atoms with E-state index >= 15 is 0 Å². The van der Waals surface area contributed by atoms with Gasteiger partial charge in [-0.05, 0) is 6.92 Å². The molecule has 1 aromatic rings. The maximum absolute atomic E-state index is 7.24. The number of rotatable bonds is 2. The zero-order valence-electron chi connectivity index (χ0n) is 6.66. The summed E-state index contributed by atoms with van der Waals surface area (Å²) in [6.07, 6.45) is 3.53. The summed E-state index contributed by atoms with van der Waals surface area (Å²) >= 11 is 0. The normalized spacial score (nSPS) is 9.64. The van der Waals surface area contributed by atoms with E-state index in [0.717, 1.165) is 5.82 Å². The summed E-state index contributed by atoms with van der Waals surface area (Å²) in [6, 6.07) is 0. The summed E-state index contributed by atoms with van der Waals surface area (Å²) in [5.41, 5.74) is 0. The third-order valence-electron chi connectivity index (χ3n) is 1.48. The number of ether oxygens (including phenoxy) is 1. The topological polar surface area (TPSA) is 50.9 Å². The molecule has 11 heavy (non-hydrogen) atoms. The van der Waals surface area contributed by atoms with Crippen molar-refractivity contribution in [2.75, 3.05) is 7.11 Å². The number of methoxy groups -OCH3 is 1. The molecule has 0 aromatic carbocycles. The molecule has 0 bridgehead atoms. The molecule has 60 valence electrons. The predicted molar refractivity (Wildman–Crippen MR) is 41.7 cm³/mol. The van der Waals surface area contributed by atoms with Gasteiger partial charge in [0.05, 0.1) is 13.7 Å². The molecule has 0 unspecified atom stereocenters.